The number of hydrogen-bond donors (Lipinski definition) is 0. The zero-order chi connectivity index (χ0) is 42.5. The third kappa shape index (κ3) is 9.74. The van der Waals surface area contributed by atoms with Gasteiger partial charge in [-0.05, 0) is 137 Å². The van der Waals surface area contributed by atoms with Gasteiger partial charge in [0.25, 0.3) is 0 Å². The molecule has 5 aromatic carbocycles. The molecule has 0 aliphatic rings. The first-order valence-electron chi connectivity index (χ1n) is 21.0. The van der Waals surface area contributed by atoms with E-state index in [1.54, 1.807) is 6.08 Å². The van der Waals surface area contributed by atoms with E-state index in [2.05, 4.69) is 193 Å². The van der Waals surface area contributed by atoms with Gasteiger partial charge in [-0.1, -0.05) is 152 Å². The van der Waals surface area contributed by atoms with Crippen LogP contribution in [0.2, 0.25) is 0 Å². The van der Waals surface area contributed by atoms with Gasteiger partial charge in [-0.25, -0.2) is 0 Å². The number of aryl methyl sites for hydroxylation is 1. The Kier molecular flexibility index (Phi) is 13.1. The molecule has 0 fully saturated rings. The Bertz CT molecular complexity index is 2980. The van der Waals surface area contributed by atoms with Gasteiger partial charge in [-0.15, -0.1) is 6.42 Å². The molecule has 298 valence electrons. The quantitative estimate of drug-likeness (QED) is 0.0861. The van der Waals surface area contributed by atoms with E-state index in [1.165, 1.54) is 16.7 Å². The summed E-state index contributed by atoms with van der Waals surface area (Å²) in [5.41, 5.74) is 18.5. The predicted octanol–water partition coefficient (Wildman–Crippen LogP) is 14.6. The first kappa shape index (κ1) is 40.8. The molecule has 3 heteroatoms. The normalized spacial score (nSPS) is 11.9. The number of allylic oxidation sites excluding steroid dienone is 8. The van der Waals surface area contributed by atoms with Gasteiger partial charge in [0.05, 0.1) is 17.1 Å². The van der Waals surface area contributed by atoms with Gasteiger partial charge < -0.3 is 0 Å². The van der Waals surface area contributed by atoms with Crippen LogP contribution in [0.3, 0.4) is 0 Å². The largest absolute Gasteiger partial charge is 0.256 e. The van der Waals surface area contributed by atoms with Crippen LogP contribution in [0.5, 0.6) is 0 Å². The van der Waals surface area contributed by atoms with E-state index >= 15 is 0 Å². The molecule has 3 heterocycles. The molecule has 0 atom stereocenters. The highest BCUT2D eigenvalue weighted by molar-refractivity contribution is 5.85. The van der Waals surface area contributed by atoms with Crippen LogP contribution in [0.15, 0.2) is 230 Å². The third-order valence-corrected chi connectivity index (χ3v) is 10.9. The summed E-state index contributed by atoms with van der Waals surface area (Å²) in [6.07, 6.45) is 23.3. The Morgan fingerprint density at radius 3 is 1.77 bits per heavy atom. The molecule has 0 amide bonds. The Morgan fingerprint density at radius 2 is 1.08 bits per heavy atom. The maximum Gasteiger partial charge on any atom is 0.0711 e. The lowest BCUT2D eigenvalue weighted by Crippen LogP contribution is -1.96. The molecule has 0 radical (unpaired) electrons. The molecule has 0 saturated heterocycles. The minimum atomic E-state index is 0.605. The average molecular weight is 798 g/mol. The number of benzene rings is 5. The van der Waals surface area contributed by atoms with Gasteiger partial charge in [0.1, 0.15) is 0 Å². The fourth-order valence-corrected chi connectivity index (χ4v) is 7.88. The molecule has 0 N–H and O–H groups in total. The fourth-order valence-electron chi connectivity index (χ4n) is 7.88. The molecule has 0 bridgehead atoms. The van der Waals surface area contributed by atoms with Crippen LogP contribution in [0, 0.1) is 19.3 Å². The van der Waals surface area contributed by atoms with E-state index in [-0.39, 0.29) is 0 Å². The van der Waals surface area contributed by atoms with Crippen molar-refractivity contribution < 1.29 is 0 Å². The molecule has 8 aromatic rings. The number of aromatic nitrogens is 3. The topological polar surface area (TPSA) is 38.7 Å². The van der Waals surface area contributed by atoms with Gasteiger partial charge in [0, 0.05) is 41.2 Å². The molecule has 0 saturated carbocycles. The van der Waals surface area contributed by atoms with Crippen LogP contribution >= 0.6 is 0 Å². The predicted molar refractivity (Wildman–Crippen MR) is 260 cm³/mol. The maximum absolute atomic E-state index is 5.79. The van der Waals surface area contributed by atoms with Crippen molar-refractivity contribution in [2.75, 3.05) is 0 Å². The summed E-state index contributed by atoms with van der Waals surface area (Å²) in [4.78, 5) is 14.6. The summed E-state index contributed by atoms with van der Waals surface area (Å²) in [6.45, 7) is 4.21. The molecule has 62 heavy (non-hydrogen) atoms. The highest BCUT2D eigenvalue weighted by Crippen LogP contribution is 2.35. The summed E-state index contributed by atoms with van der Waals surface area (Å²) >= 11 is 0. The molecule has 0 unspecified atom stereocenters. The summed E-state index contributed by atoms with van der Waals surface area (Å²) in [5, 5.41) is 0. The maximum atomic E-state index is 5.79. The van der Waals surface area contributed by atoms with Gasteiger partial charge in [-0.2, -0.15) is 0 Å². The minimum Gasteiger partial charge on any atom is -0.256 e. The summed E-state index contributed by atoms with van der Waals surface area (Å²) < 4.78 is 0. The molecular weight excluding hydrogens is 751 g/mol. The van der Waals surface area contributed by atoms with E-state index in [9.17, 15) is 0 Å². The molecule has 0 spiro atoms. The second kappa shape index (κ2) is 19.9. The molecular formula is C59H47N3. The first-order valence-corrected chi connectivity index (χ1v) is 21.0. The van der Waals surface area contributed by atoms with Crippen LogP contribution in [0.25, 0.3) is 67.2 Å². The van der Waals surface area contributed by atoms with Crippen molar-refractivity contribution in [1.29, 1.82) is 0 Å². The molecule has 8 rings (SSSR count). The van der Waals surface area contributed by atoms with Gasteiger partial charge in [0.15, 0.2) is 0 Å². The third-order valence-electron chi connectivity index (χ3n) is 10.9. The monoisotopic (exact) mass is 797 g/mol. The van der Waals surface area contributed by atoms with Gasteiger partial charge in [0.2, 0.25) is 0 Å². The summed E-state index contributed by atoms with van der Waals surface area (Å²) in [5.74, 6) is 2.71. The summed E-state index contributed by atoms with van der Waals surface area (Å²) in [7, 11) is 0. The number of terminal acetylenes is 1. The van der Waals surface area contributed by atoms with Crippen molar-refractivity contribution >= 4 is 0 Å². The van der Waals surface area contributed by atoms with Crippen molar-refractivity contribution in [1.82, 2.24) is 15.0 Å². The standard InChI is InChI=1S/C59H47N3/c1-4-6-21-45(44(19-5-2)33-34-46-22-8-10-29-55(46)57-31-13-15-37-60-57)35-36-52-41-51(53-27-9-7-20-43(53)3)42-59(62-52)50-26-18-24-48(40-50)47-23-17-25-49(39-47)54-28-11-12-30-56(54)58-32-14-16-38-61-58/h1,5-33,35,37-42H,34,36H2,2-3H3/b19-5-,21-6-,44-33+,45-35+. The van der Waals surface area contributed by atoms with Crippen LogP contribution in [-0.4, -0.2) is 15.0 Å². The highest BCUT2D eigenvalue weighted by Gasteiger charge is 2.13. The van der Waals surface area contributed by atoms with E-state index < -0.39 is 0 Å². The van der Waals surface area contributed by atoms with Crippen molar-refractivity contribution in [3.05, 3.63) is 247 Å². The van der Waals surface area contributed by atoms with Crippen LogP contribution < -0.4 is 0 Å². The lowest BCUT2D eigenvalue weighted by atomic mass is 9.93. The van der Waals surface area contributed by atoms with Crippen LogP contribution in [-0.2, 0) is 12.8 Å². The molecule has 3 nitrogen and oxygen atoms in total. The van der Waals surface area contributed by atoms with Crippen molar-refractivity contribution in [2.24, 2.45) is 0 Å². The lowest BCUT2D eigenvalue weighted by molar-refractivity contribution is 1.11. The second-order valence-electron chi connectivity index (χ2n) is 15.1. The number of rotatable bonds is 13. The zero-order valence-corrected chi connectivity index (χ0v) is 35.1. The molecule has 3 aromatic heterocycles. The number of hydrogen-bond acceptors (Lipinski definition) is 3. The van der Waals surface area contributed by atoms with Crippen molar-refractivity contribution in [3.63, 3.8) is 0 Å². The van der Waals surface area contributed by atoms with E-state index in [0.29, 0.717) is 6.42 Å². The SMILES string of the molecule is C#C\C=C/C(=C\Cc1cc(-c2ccccc2C)cc(-c2cccc(-c3cccc(-c4ccccc4-c4ccccn4)c3)c2)n1)C(/C=C\C)=C/Cc1ccccc1-c1ccccn1. The second-order valence-corrected chi connectivity index (χ2v) is 15.1. The Hall–Kier alpha value is -7.93. The Balaban J connectivity index is 1.16. The number of pyridine rings is 3. The Labute approximate surface area is 366 Å². The van der Waals surface area contributed by atoms with E-state index in [1.807, 2.05) is 49.7 Å². The fraction of sp³-hybridized carbons (Fsp3) is 0.0678. The molecule has 0 aliphatic carbocycles. The summed E-state index contributed by atoms with van der Waals surface area (Å²) in [6, 6.07) is 59.5. The molecule has 0 aliphatic heterocycles. The zero-order valence-electron chi connectivity index (χ0n) is 35.1. The number of nitrogens with zero attached hydrogens (tertiary/aromatic N) is 3. The average Bonchev–Trinajstić information content (AvgIpc) is 3.34. The smallest absolute Gasteiger partial charge is 0.0711 e. The van der Waals surface area contributed by atoms with Crippen LogP contribution in [0.1, 0.15) is 23.7 Å². The van der Waals surface area contributed by atoms with Crippen molar-refractivity contribution in [2.45, 2.75) is 26.7 Å². The Morgan fingerprint density at radius 1 is 0.500 bits per heavy atom. The van der Waals surface area contributed by atoms with E-state index in [0.717, 1.165) is 84.9 Å². The highest BCUT2D eigenvalue weighted by atomic mass is 14.7. The first-order chi connectivity index (χ1) is 30.6. The minimum absolute atomic E-state index is 0.605. The lowest BCUT2D eigenvalue weighted by Gasteiger charge is -2.13. The van der Waals surface area contributed by atoms with Gasteiger partial charge >= 0.3 is 0 Å². The van der Waals surface area contributed by atoms with E-state index in [4.69, 9.17) is 11.4 Å². The van der Waals surface area contributed by atoms with Gasteiger partial charge in [-0.3, -0.25) is 15.0 Å². The van der Waals surface area contributed by atoms with Crippen LogP contribution in [0.4, 0.5) is 0 Å². The van der Waals surface area contributed by atoms with Crippen molar-refractivity contribution in [3.8, 4) is 79.5 Å².